The summed E-state index contributed by atoms with van der Waals surface area (Å²) in [7, 11) is 0. The molecule has 2 bridgehead atoms. The van der Waals surface area contributed by atoms with Crippen molar-refractivity contribution in [1.29, 1.82) is 0 Å². The lowest BCUT2D eigenvalue weighted by molar-refractivity contribution is -0.167. The van der Waals surface area contributed by atoms with Crippen LogP contribution in [0.25, 0.3) is 0 Å². The molecule has 0 radical (unpaired) electrons. The molecule has 25 heavy (non-hydrogen) atoms. The number of ether oxygens (including phenoxy) is 3. The third-order valence-corrected chi connectivity index (χ3v) is 5.71. The van der Waals surface area contributed by atoms with Crippen molar-refractivity contribution in [3.63, 3.8) is 0 Å². The summed E-state index contributed by atoms with van der Waals surface area (Å²) < 4.78 is 17.0. The largest absolute Gasteiger partial charge is 0.465 e. The van der Waals surface area contributed by atoms with Crippen LogP contribution in [0.3, 0.4) is 0 Å². The predicted octanol–water partition coefficient (Wildman–Crippen LogP) is 1.86. The Labute approximate surface area is 148 Å². The summed E-state index contributed by atoms with van der Waals surface area (Å²) in [5.41, 5.74) is -2.50. The molecule has 0 aromatic rings. The smallest absolute Gasteiger partial charge is 0.410 e. The summed E-state index contributed by atoms with van der Waals surface area (Å²) in [5.74, 6) is -0.234. The first-order valence-electron chi connectivity index (χ1n) is 9.07. The normalized spacial score (nSPS) is 33.1. The van der Waals surface area contributed by atoms with Crippen LogP contribution in [0.15, 0.2) is 0 Å². The molecule has 0 atom stereocenters. The fourth-order valence-electron chi connectivity index (χ4n) is 4.66. The van der Waals surface area contributed by atoms with Crippen LogP contribution in [0.2, 0.25) is 0 Å². The summed E-state index contributed by atoms with van der Waals surface area (Å²) >= 11 is 0. The molecule has 7 nitrogen and oxygen atoms in total. The molecule has 142 valence electrons. The van der Waals surface area contributed by atoms with E-state index >= 15 is 0 Å². The molecule has 1 N–H and O–H groups in total. The van der Waals surface area contributed by atoms with Crippen molar-refractivity contribution in [2.24, 2.45) is 5.41 Å². The molecular weight excluding hydrogens is 326 g/mol. The molecule has 0 aromatic heterocycles. The van der Waals surface area contributed by atoms with E-state index in [1.54, 1.807) is 11.8 Å². The van der Waals surface area contributed by atoms with Crippen LogP contribution in [0.4, 0.5) is 4.79 Å². The highest BCUT2D eigenvalue weighted by atomic mass is 16.6. The number of aliphatic hydroxyl groups excluding tert-OH is 1. The Morgan fingerprint density at radius 3 is 2.28 bits per heavy atom. The van der Waals surface area contributed by atoms with Crippen LogP contribution < -0.4 is 0 Å². The van der Waals surface area contributed by atoms with Gasteiger partial charge in [-0.15, -0.1) is 0 Å². The fraction of sp³-hybridized carbons (Fsp3) is 0.889. The molecule has 7 heteroatoms. The molecular formula is C18H29NO6. The fourth-order valence-corrected chi connectivity index (χ4v) is 4.66. The van der Waals surface area contributed by atoms with Crippen molar-refractivity contribution in [1.82, 2.24) is 4.90 Å². The highest BCUT2D eigenvalue weighted by Gasteiger charge is 2.78. The van der Waals surface area contributed by atoms with Gasteiger partial charge in [0.1, 0.15) is 11.0 Å². The van der Waals surface area contributed by atoms with Crippen molar-refractivity contribution in [3.8, 4) is 0 Å². The molecule has 3 saturated heterocycles. The topological polar surface area (TPSA) is 85.3 Å². The Balaban J connectivity index is 1.73. The van der Waals surface area contributed by atoms with Gasteiger partial charge >= 0.3 is 12.1 Å². The number of piperidine rings is 1. The lowest BCUT2D eigenvalue weighted by Crippen LogP contribution is -2.59. The molecule has 3 aliphatic heterocycles. The number of aliphatic hydroxyl groups is 1. The molecule has 1 saturated carbocycles. The average molecular weight is 355 g/mol. The van der Waals surface area contributed by atoms with E-state index in [0.717, 1.165) is 0 Å². The van der Waals surface area contributed by atoms with E-state index in [9.17, 15) is 14.7 Å². The van der Waals surface area contributed by atoms with E-state index in [4.69, 9.17) is 14.2 Å². The zero-order valence-corrected chi connectivity index (χ0v) is 15.6. The second-order valence-corrected chi connectivity index (χ2v) is 8.56. The summed E-state index contributed by atoms with van der Waals surface area (Å²) in [5, 5.41) is 9.71. The van der Waals surface area contributed by atoms with Crippen LogP contribution >= 0.6 is 0 Å². The summed E-state index contributed by atoms with van der Waals surface area (Å²) in [6.07, 6.45) is 1.76. The van der Waals surface area contributed by atoms with Gasteiger partial charge in [-0.2, -0.15) is 0 Å². The average Bonchev–Trinajstić information content (AvgIpc) is 2.91. The Hall–Kier alpha value is -1.34. The van der Waals surface area contributed by atoms with Gasteiger partial charge in [0.2, 0.25) is 0 Å². The van der Waals surface area contributed by atoms with Crippen molar-refractivity contribution in [2.75, 3.05) is 26.3 Å². The standard InChI is InChI=1S/C18H29NO6/c1-5-23-13(21)17-10-16(11-17,12-20)25-18(17)6-8-19(9-7-18)14(22)24-15(2,3)4/h20H,5-12H2,1-4H3. The Morgan fingerprint density at radius 2 is 1.80 bits per heavy atom. The molecule has 1 amide bonds. The molecule has 0 aromatic carbocycles. The number of hydrogen-bond acceptors (Lipinski definition) is 6. The van der Waals surface area contributed by atoms with E-state index in [1.165, 1.54) is 0 Å². The zero-order chi connectivity index (χ0) is 18.5. The molecule has 3 heterocycles. The SMILES string of the molecule is CCOC(=O)C12CC(CO)(C1)OC21CCN(C(=O)OC(C)(C)C)CC1. The van der Waals surface area contributed by atoms with Gasteiger partial charge in [0.25, 0.3) is 0 Å². The quantitative estimate of drug-likeness (QED) is 0.778. The van der Waals surface area contributed by atoms with Crippen LogP contribution in [0, 0.1) is 5.41 Å². The van der Waals surface area contributed by atoms with Crippen LogP contribution in [-0.2, 0) is 19.0 Å². The zero-order valence-electron chi connectivity index (χ0n) is 15.6. The van der Waals surface area contributed by atoms with Gasteiger partial charge in [-0.3, -0.25) is 4.79 Å². The number of nitrogens with zero attached hydrogens (tertiary/aromatic N) is 1. The van der Waals surface area contributed by atoms with Gasteiger partial charge in [0, 0.05) is 13.1 Å². The van der Waals surface area contributed by atoms with Crippen LogP contribution in [0.5, 0.6) is 0 Å². The first kappa shape index (κ1) is 18.5. The predicted molar refractivity (Wildman–Crippen MR) is 89.0 cm³/mol. The minimum absolute atomic E-state index is 0.0916. The van der Waals surface area contributed by atoms with E-state index in [1.807, 2.05) is 20.8 Å². The van der Waals surface area contributed by atoms with Gasteiger partial charge in [-0.25, -0.2) is 4.79 Å². The second kappa shape index (κ2) is 5.84. The van der Waals surface area contributed by atoms with E-state index in [0.29, 0.717) is 45.4 Å². The molecule has 1 aliphatic carbocycles. The summed E-state index contributed by atoms with van der Waals surface area (Å²) in [6, 6.07) is 0. The molecule has 4 rings (SSSR count). The maximum absolute atomic E-state index is 12.7. The lowest BCUT2D eigenvalue weighted by atomic mass is 9.54. The number of carbonyl (C=O) groups excluding carboxylic acids is 2. The van der Waals surface area contributed by atoms with Gasteiger partial charge in [0.15, 0.2) is 0 Å². The van der Waals surface area contributed by atoms with E-state index in [2.05, 4.69) is 0 Å². The van der Waals surface area contributed by atoms with Gasteiger partial charge < -0.3 is 24.2 Å². The Kier molecular flexibility index (Phi) is 4.31. The van der Waals surface area contributed by atoms with Crippen LogP contribution in [0.1, 0.15) is 53.4 Å². The minimum atomic E-state index is -0.689. The minimum Gasteiger partial charge on any atom is -0.465 e. The summed E-state index contributed by atoms with van der Waals surface area (Å²) in [6.45, 7) is 8.48. The summed E-state index contributed by atoms with van der Waals surface area (Å²) in [4.78, 5) is 26.6. The molecule has 4 aliphatic rings. The maximum Gasteiger partial charge on any atom is 0.410 e. The Morgan fingerprint density at radius 1 is 1.20 bits per heavy atom. The first-order chi connectivity index (χ1) is 11.6. The third kappa shape index (κ3) is 2.81. The van der Waals surface area contributed by atoms with Crippen molar-refractivity contribution in [2.45, 2.75) is 70.2 Å². The highest BCUT2D eigenvalue weighted by Crippen LogP contribution is 2.69. The third-order valence-electron chi connectivity index (χ3n) is 5.71. The molecule has 4 fully saturated rings. The van der Waals surface area contributed by atoms with Crippen molar-refractivity contribution >= 4 is 12.1 Å². The monoisotopic (exact) mass is 355 g/mol. The first-order valence-corrected chi connectivity index (χ1v) is 9.07. The van der Waals surface area contributed by atoms with E-state index < -0.39 is 22.2 Å². The lowest BCUT2D eigenvalue weighted by Gasteiger charge is -2.47. The van der Waals surface area contributed by atoms with Crippen molar-refractivity contribution in [3.05, 3.63) is 0 Å². The number of amides is 1. The van der Waals surface area contributed by atoms with Gasteiger partial charge in [0.05, 0.1) is 24.4 Å². The number of rotatable bonds is 3. The van der Waals surface area contributed by atoms with Gasteiger partial charge in [-0.05, 0) is 53.4 Å². The van der Waals surface area contributed by atoms with Crippen LogP contribution in [-0.4, -0.2) is 65.2 Å². The number of esters is 1. The second-order valence-electron chi connectivity index (χ2n) is 8.56. The number of hydrogen-bond donors (Lipinski definition) is 1. The molecule has 0 unspecified atom stereocenters. The molecule has 1 spiro atoms. The van der Waals surface area contributed by atoms with Crippen molar-refractivity contribution < 1.29 is 28.9 Å². The highest BCUT2D eigenvalue weighted by molar-refractivity contribution is 5.82. The number of likely N-dealkylation sites (tertiary alicyclic amines) is 1. The Bertz CT molecular complexity index is 552. The maximum atomic E-state index is 12.7. The van der Waals surface area contributed by atoms with Gasteiger partial charge in [-0.1, -0.05) is 0 Å². The number of carbonyl (C=O) groups is 2. The van der Waals surface area contributed by atoms with E-state index in [-0.39, 0.29) is 18.7 Å².